The van der Waals surface area contributed by atoms with Crippen molar-refractivity contribution in [3.63, 3.8) is 0 Å². The van der Waals surface area contributed by atoms with Gasteiger partial charge in [-0.3, -0.25) is 4.68 Å². The van der Waals surface area contributed by atoms with Crippen molar-refractivity contribution in [1.82, 2.24) is 29.5 Å². The van der Waals surface area contributed by atoms with Gasteiger partial charge in [0.1, 0.15) is 6.33 Å². The van der Waals surface area contributed by atoms with Crippen LogP contribution in [0.1, 0.15) is 28.3 Å². The van der Waals surface area contributed by atoms with Crippen LogP contribution in [0, 0.1) is 20.8 Å². The van der Waals surface area contributed by atoms with E-state index in [9.17, 15) is 0 Å². The first kappa shape index (κ1) is 13.5. The maximum atomic E-state index is 4.46. The predicted octanol–water partition coefficient (Wildman–Crippen LogP) is 1.91. The highest BCUT2D eigenvalue weighted by molar-refractivity contribution is 5.29. The zero-order valence-corrected chi connectivity index (χ0v) is 12.7. The van der Waals surface area contributed by atoms with Gasteiger partial charge in [-0.25, -0.2) is 14.6 Å². The molecule has 21 heavy (non-hydrogen) atoms. The molecule has 3 aromatic heterocycles. The minimum atomic E-state index is 0.696. The van der Waals surface area contributed by atoms with Gasteiger partial charge in [0.2, 0.25) is 0 Å². The second-order valence-electron chi connectivity index (χ2n) is 5.32. The summed E-state index contributed by atoms with van der Waals surface area (Å²) < 4.78 is 3.67. The normalized spacial score (nSPS) is 11.0. The fourth-order valence-electron chi connectivity index (χ4n) is 2.46. The second-order valence-corrected chi connectivity index (χ2v) is 5.32. The molecule has 0 fully saturated rings. The molecular weight excluding hydrogens is 264 g/mol. The van der Waals surface area contributed by atoms with Crippen LogP contribution in [-0.2, 0) is 13.5 Å². The molecule has 6 heteroatoms. The molecule has 0 radical (unpaired) electrons. The van der Waals surface area contributed by atoms with Gasteiger partial charge in [0.25, 0.3) is 0 Å². The van der Waals surface area contributed by atoms with E-state index in [0.29, 0.717) is 6.42 Å². The number of hydrogen-bond donors (Lipinski definition) is 0. The van der Waals surface area contributed by atoms with E-state index in [1.807, 2.05) is 48.6 Å². The summed E-state index contributed by atoms with van der Waals surface area (Å²) in [4.78, 5) is 8.66. The number of aromatic nitrogens is 6. The largest absolute Gasteiger partial charge is 0.275 e. The van der Waals surface area contributed by atoms with Crippen LogP contribution in [0.5, 0.6) is 0 Å². The highest BCUT2D eigenvalue weighted by atomic mass is 15.3. The van der Waals surface area contributed by atoms with E-state index in [-0.39, 0.29) is 0 Å². The highest BCUT2D eigenvalue weighted by Crippen LogP contribution is 2.13. The third-order valence-corrected chi connectivity index (χ3v) is 3.40. The fourth-order valence-corrected chi connectivity index (χ4v) is 2.46. The van der Waals surface area contributed by atoms with Gasteiger partial charge < -0.3 is 0 Å². The Kier molecular flexibility index (Phi) is 3.29. The van der Waals surface area contributed by atoms with Crippen LogP contribution < -0.4 is 0 Å². The van der Waals surface area contributed by atoms with Gasteiger partial charge in [0.05, 0.1) is 17.1 Å². The summed E-state index contributed by atoms with van der Waals surface area (Å²) in [6.07, 6.45) is 4.29. The Hall–Kier alpha value is -2.50. The van der Waals surface area contributed by atoms with Crippen LogP contribution in [-0.4, -0.2) is 29.5 Å². The molecule has 0 aromatic carbocycles. The molecule has 0 aliphatic carbocycles. The molecule has 0 atom stereocenters. The SMILES string of the molecule is Cc1cc(C)n(-c2cc(Cc3nn(C)cc3C)ncn2)n1. The zero-order chi connectivity index (χ0) is 15.0. The lowest BCUT2D eigenvalue weighted by molar-refractivity contribution is 0.745. The van der Waals surface area contributed by atoms with Gasteiger partial charge in [0.15, 0.2) is 5.82 Å². The number of nitrogens with zero attached hydrogens (tertiary/aromatic N) is 6. The van der Waals surface area contributed by atoms with Crippen molar-refractivity contribution >= 4 is 0 Å². The molecule has 0 aliphatic rings. The van der Waals surface area contributed by atoms with Gasteiger partial charge in [-0.05, 0) is 32.4 Å². The van der Waals surface area contributed by atoms with Crippen molar-refractivity contribution in [2.24, 2.45) is 7.05 Å². The molecule has 0 aliphatic heterocycles. The summed E-state index contributed by atoms with van der Waals surface area (Å²) in [5.41, 5.74) is 5.19. The molecule has 3 rings (SSSR count). The minimum Gasteiger partial charge on any atom is -0.275 e. The Morgan fingerprint density at radius 2 is 1.86 bits per heavy atom. The van der Waals surface area contributed by atoms with E-state index in [1.54, 1.807) is 6.33 Å². The molecule has 0 unspecified atom stereocenters. The monoisotopic (exact) mass is 282 g/mol. The Bertz CT molecular complexity index is 783. The van der Waals surface area contributed by atoms with Crippen molar-refractivity contribution in [3.05, 3.63) is 53.0 Å². The molecule has 0 bridgehead atoms. The molecule has 6 nitrogen and oxygen atoms in total. The molecule has 0 saturated carbocycles. The van der Waals surface area contributed by atoms with Crippen LogP contribution in [0.4, 0.5) is 0 Å². The van der Waals surface area contributed by atoms with E-state index in [0.717, 1.165) is 28.6 Å². The van der Waals surface area contributed by atoms with Crippen molar-refractivity contribution in [3.8, 4) is 5.82 Å². The zero-order valence-electron chi connectivity index (χ0n) is 12.7. The van der Waals surface area contributed by atoms with Crippen LogP contribution in [0.2, 0.25) is 0 Å². The first-order chi connectivity index (χ1) is 10.0. The minimum absolute atomic E-state index is 0.696. The molecule has 108 valence electrons. The van der Waals surface area contributed by atoms with Crippen molar-refractivity contribution in [2.45, 2.75) is 27.2 Å². The number of hydrogen-bond acceptors (Lipinski definition) is 4. The maximum Gasteiger partial charge on any atom is 0.157 e. The van der Waals surface area contributed by atoms with Crippen LogP contribution in [0.25, 0.3) is 5.82 Å². The highest BCUT2D eigenvalue weighted by Gasteiger charge is 2.09. The average molecular weight is 282 g/mol. The lowest BCUT2D eigenvalue weighted by Gasteiger charge is -2.05. The maximum absolute atomic E-state index is 4.46. The van der Waals surface area contributed by atoms with Gasteiger partial charge in [-0.2, -0.15) is 10.2 Å². The van der Waals surface area contributed by atoms with Crippen LogP contribution >= 0.6 is 0 Å². The first-order valence-corrected chi connectivity index (χ1v) is 6.86. The van der Waals surface area contributed by atoms with Gasteiger partial charge in [0, 0.05) is 31.4 Å². The van der Waals surface area contributed by atoms with E-state index in [2.05, 4.69) is 27.1 Å². The summed E-state index contributed by atoms with van der Waals surface area (Å²) in [7, 11) is 1.93. The van der Waals surface area contributed by atoms with Gasteiger partial charge >= 0.3 is 0 Å². The Balaban J connectivity index is 1.93. The van der Waals surface area contributed by atoms with Crippen molar-refractivity contribution < 1.29 is 0 Å². The van der Waals surface area contributed by atoms with Crippen LogP contribution in [0.15, 0.2) is 24.7 Å². The molecule has 0 amide bonds. The number of rotatable bonds is 3. The van der Waals surface area contributed by atoms with E-state index < -0.39 is 0 Å². The Morgan fingerprint density at radius 3 is 2.48 bits per heavy atom. The Morgan fingerprint density at radius 1 is 1.05 bits per heavy atom. The van der Waals surface area contributed by atoms with Gasteiger partial charge in [-0.1, -0.05) is 0 Å². The van der Waals surface area contributed by atoms with E-state index in [1.165, 1.54) is 5.56 Å². The lowest BCUT2D eigenvalue weighted by Crippen LogP contribution is -2.05. The third kappa shape index (κ3) is 2.69. The third-order valence-electron chi connectivity index (χ3n) is 3.40. The summed E-state index contributed by atoms with van der Waals surface area (Å²) in [6, 6.07) is 4.00. The van der Waals surface area contributed by atoms with E-state index in [4.69, 9.17) is 0 Å². The first-order valence-electron chi connectivity index (χ1n) is 6.86. The summed E-state index contributed by atoms with van der Waals surface area (Å²) in [5.74, 6) is 0.791. The summed E-state index contributed by atoms with van der Waals surface area (Å²) >= 11 is 0. The fraction of sp³-hybridized carbons (Fsp3) is 0.333. The summed E-state index contributed by atoms with van der Waals surface area (Å²) in [6.45, 7) is 6.05. The van der Waals surface area contributed by atoms with Crippen molar-refractivity contribution in [2.75, 3.05) is 0 Å². The second kappa shape index (κ2) is 5.12. The lowest BCUT2D eigenvalue weighted by atomic mass is 10.1. The van der Waals surface area contributed by atoms with Gasteiger partial charge in [-0.15, -0.1) is 0 Å². The molecular formula is C15H18N6. The quantitative estimate of drug-likeness (QED) is 0.736. The average Bonchev–Trinajstić information content (AvgIpc) is 2.92. The smallest absolute Gasteiger partial charge is 0.157 e. The standard InChI is InChI=1S/C15H18N6/c1-10-8-20(4)19-14(10)6-13-7-15(17-9-16-13)21-12(3)5-11(2)18-21/h5,7-9H,6H2,1-4H3. The molecule has 0 N–H and O–H groups in total. The molecule has 3 heterocycles. The topological polar surface area (TPSA) is 61.4 Å². The Labute approximate surface area is 123 Å². The molecule has 3 aromatic rings. The predicted molar refractivity (Wildman–Crippen MR) is 79.4 cm³/mol. The van der Waals surface area contributed by atoms with Crippen molar-refractivity contribution in [1.29, 1.82) is 0 Å². The molecule has 0 spiro atoms. The summed E-state index contributed by atoms with van der Waals surface area (Å²) in [5, 5.41) is 8.92. The number of aryl methyl sites for hydroxylation is 4. The van der Waals surface area contributed by atoms with E-state index >= 15 is 0 Å². The van der Waals surface area contributed by atoms with Crippen LogP contribution in [0.3, 0.4) is 0 Å². The molecule has 0 saturated heterocycles.